The van der Waals surface area contributed by atoms with E-state index < -0.39 is 12.1 Å². The molecule has 0 atom stereocenters. The number of halogens is 4. The summed E-state index contributed by atoms with van der Waals surface area (Å²) in [6.07, 6.45) is -0.993. The summed E-state index contributed by atoms with van der Waals surface area (Å²) in [4.78, 5) is 14.5. The van der Waals surface area contributed by atoms with Gasteiger partial charge in [0.1, 0.15) is 0 Å². The quantitative estimate of drug-likeness (QED) is 0.701. The number of carbonyl (C=O) groups excluding carboxylic acids is 1. The Morgan fingerprint density at radius 3 is 2.20 bits per heavy atom. The highest BCUT2D eigenvalue weighted by Crippen LogP contribution is 2.40. The van der Waals surface area contributed by atoms with Crippen LogP contribution in [0, 0.1) is 17.8 Å². The van der Waals surface area contributed by atoms with Gasteiger partial charge >= 0.3 is 6.18 Å². The monoisotopic (exact) mass is 355 g/mol. The molecular formula is C14H21BrF3NO. The van der Waals surface area contributed by atoms with E-state index in [-0.39, 0.29) is 24.7 Å². The second-order valence-corrected chi connectivity index (χ2v) is 7.54. The zero-order valence-electron chi connectivity index (χ0n) is 11.6. The van der Waals surface area contributed by atoms with Gasteiger partial charge in [-0.1, -0.05) is 15.9 Å². The molecule has 0 aromatic carbocycles. The number of carbonyl (C=O) groups is 1. The van der Waals surface area contributed by atoms with Crippen LogP contribution in [-0.4, -0.2) is 35.4 Å². The standard InChI is InChI=1S/C14H21BrF3NO/c1-19(8-9-6-12(15)7-9)13(20)10-2-4-11(5-3-10)14(16,17)18/h9-12H,2-8H2,1H3. The lowest BCUT2D eigenvalue weighted by Gasteiger charge is -2.36. The van der Waals surface area contributed by atoms with Crippen LogP contribution >= 0.6 is 15.9 Å². The number of alkyl halides is 4. The summed E-state index contributed by atoms with van der Waals surface area (Å²) in [5.74, 6) is -0.848. The van der Waals surface area contributed by atoms with Gasteiger partial charge in [0.25, 0.3) is 0 Å². The van der Waals surface area contributed by atoms with Crippen molar-refractivity contribution in [3.05, 3.63) is 0 Å². The van der Waals surface area contributed by atoms with E-state index in [4.69, 9.17) is 0 Å². The number of hydrogen-bond donors (Lipinski definition) is 0. The zero-order chi connectivity index (χ0) is 14.9. The molecule has 0 heterocycles. The normalized spacial score (nSPS) is 34.5. The summed E-state index contributed by atoms with van der Waals surface area (Å²) in [5.41, 5.74) is 0. The van der Waals surface area contributed by atoms with E-state index in [0.717, 1.165) is 19.4 Å². The van der Waals surface area contributed by atoms with Crippen molar-refractivity contribution < 1.29 is 18.0 Å². The SMILES string of the molecule is CN(CC1CC(Br)C1)C(=O)C1CCC(C(F)(F)F)CC1. The maximum Gasteiger partial charge on any atom is 0.391 e. The van der Waals surface area contributed by atoms with Crippen molar-refractivity contribution in [2.24, 2.45) is 17.8 Å². The Balaban J connectivity index is 1.76. The lowest BCUT2D eigenvalue weighted by molar-refractivity contribution is -0.185. The fourth-order valence-corrected chi connectivity index (χ4v) is 4.32. The molecule has 0 aromatic heterocycles. The molecule has 0 spiro atoms. The molecule has 1 amide bonds. The predicted molar refractivity (Wildman–Crippen MR) is 74.6 cm³/mol. The average molecular weight is 356 g/mol. The largest absolute Gasteiger partial charge is 0.391 e. The molecule has 2 aliphatic rings. The maximum atomic E-state index is 12.6. The lowest BCUT2D eigenvalue weighted by atomic mass is 9.80. The van der Waals surface area contributed by atoms with Crippen LogP contribution in [0.4, 0.5) is 13.2 Å². The summed E-state index contributed by atoms with van der Waals surface area (Å²) in [6.45, 7) is 0.736. The van der Waals surface area contributed by atoms with Crippen molar-refractivity contribution in [3.63, 3.8) is 0 Å². The number of nitrogens with zero attached hydrogens (tertiary/aromatic N) is 1. The van der Waals surface area contributed by atoms with E-state index >= 15 is 0 Å². The molecule has 2 aliphatic carbocycles. The first kappa shape index (κ1) is 16.1. The van der Waals surface area contributed by atoms with Gasteiger partial charge in [-0.3, -0.25) is 4.79 Å². The molecule has 2 nitrogen and oxygen atoms in total. The fourth-order valence-electron chi connectivity index (χ4n) is 3.26. The zero-order valence-corrected chi connectivity index (χ0v) is 13.2. The third-order valence-electron chi connectivity index (χ3n) is 4.63. The first-order valence-corrected chi connectivity index (χ1v) is 8.14. The van der Waals surface area contributed by atoms with Gasteiger partial charge in [-0.25, -0.2) is 0 Å². The molecule has 20 heavy (non-hydrogen) atoms. The molecule has 0 unspecified atom stereocenters. The van der Waals surface area contributed by atoms with Crippen molar-refractivity contribution in [1.29, 1.82) is 0 Å². The van der Waals surface area contributed by atoms with E-state index in [1.54, 1.807) is 11.9 Å². The highest BCUT2D eigenvalue weighted by atomic mass is 79.9. The maximum absolute atomic E-state index is 12.6. The van der Waals surface area contributed by atoms with E-state index in [2.05, 4.69) is 15.9 Å². The summed E-state index contributed by atoms with van der Waals surface area (Å²) < 4.78 is 37.8. The Labute approximate surface area is 126 Å². The molecule has 0 N–H and O–H groups in total. The summed E-state index contributed by atoms with van der Waals surface area (Å²) in [5, 5.41) is 0. The molecule has 2 saturated carbocycles. The van der Waals surface area contributed by atoms with E-state index in [9.17, 15) is 18.0 Å². The molecule has 2 rings (SSSR count). The Kier molecular flexibility index (Phi) is 5.03. The number of rotatable bonds is 3. The third-order valence-corrected chi connectivity index (χ3v) is 5.37. The van der Waals surface area contributed by atoms with Crippen LogP contribution in [0.15, 0.2) is 0 Å². The average Bonchev–Trinajstić information content (AvgIpc) is 2.35. The van der Waals surface area contributed by atoms with Crippen molar-refractivity contribution in [1.82, 2.24) is 4.90 Å². The predicted octanol–water partition coefficient (Wildman–Crippen LogP) is 3.99. The Bertz CT molecular complexity index is 347. The van der Waals surface area contributed by atoms with Gasteiger partial charge in [0, 0.05) is 24.3 Å². The van der Waals surface area contributed by atoms with Crippen LogP contribution in [0.25, 0.3) is 0 Å². The van der Waals surface area contributed by atoms with Crippen LogP contribution in [0.5, 0.6) is 0 Å². The Morgan fingerprint density at radius 1 is 1.20 bits per heavy atom. The number of hydrogen-bond acceptors (Lipinski definition) is 1. The van der Waals surface area contributed by atoms with Gasteiger partial charge < -0.3 is 4.90 Å². The molecule has 2 fully saturated rings. The fraction of sp³-hybridized carbons (Fsp3) is 0.929. The van der Waals surface area contributed by atoms with Gasteiger partial charge in [-0.15, -0.1) is 0 Å². The molecule has 116 valence electrons. The first-order valence-electron chi connectivity index (χ1n) is 7.23. The van der Waals surface area contributed by atoms with Crippen molar-refractivity contribution in [2.75, 3.05) is 13.6 Å². The second kappa shape index (κ2) is 6.24. The minimum absolute atomic E-state index is 0.0312. The van der Waals surface area contributed by atoms with Crippen LogP contribution in [0.3, 0.4) is 0 Å². The van der Waals surface area contributed by atoms with Crippen LogP contribution < -0.4 is 0 Å². The highest BCUT2D eigenvalue weighted by Gasteiger charge is 2.43. The van der Waals surface area contributed by atoms with Gasteiger partial charge in [0.15, 0.2) is 0 Å². The Hall–Kier alpha value is -0.260. The second-order valence-electron chi connectivity index (χ2n) is 6.24. The molecule has 0 bridgehead atoms. The first-order chi connectivity index (χ1) is 9.27. The summed E-state index contributed by atoms with van der Waals surface area (Å²) in [7, 11) is 1.78. The van der Waals surface area contributed by atoms with Gasteiger partial charge in [0.2, 0.25) is 5.91 Å². The number of amides is 1. The molecule has 0 radical (unpaired) electrons. The van der Waals surface area contributed by atoms with Crippen molar-refractivity contribution in [2.45, 2.75) is 49.5 Å². The minimum Gasteiger partial charge on any atom is -0.345 e. The minimum atomic E-state index is -4.10. The van der Waals surface area contributed by atoms with Crippen LogP contribution in [0.2, 0.25) is 0 Å². The van der Waals surface area contributed by atoms with Crippen LogP contribution in [0.1, 0.15) is 38.5 Å². The van der Waals surface area contributed by atoms with Gasteiger partial charge in [-0.05, 0) is 44.4 Å². The smallest absolute Gasteiger partial charge is 0.345 e. The molecule has 0 aliphatic heterocycles. The third kappa shape index (κ3) is 3.89. The van der Waals surface area contributed by atoms with E-state index in [1.165, 1.54) is 0 Å². The summed E-state index contributed by atoms with van der Waals surface area (Å²) in [6, 6.07) is 0. The van der Waals surface area contributed by atoms with E-state index in [1.807, 2.05) is 0 Å². The molecular weight excluding hydrogens is 335 g/mol. The van der Waals surface area contributed by atoms with Crippen molar-refractivity contribution >= 4 is 21.8 Å². The van der Waals surface area contributed by atoms with Gasteiger partial charge in [-0.2, -0.15) is 13.2 Å². The lowest BCUT2D eigenvalue weighted by Crippen LogP contribution is -2.42. The highest BCUT2D eigenvalue weighted by molar-refractivity contribution is 9.09. The molecule has 0 saturated heterocycles. The van der Waals surface area contributed by atoms with E-state index in [0.29, 0.717) is 23.6 Å². The van der Waals surface area contributed by atoms with Crippen LogP contribution in [-0.2, 0) is 4.79 Å². The van der Waals surface area contributed by atoms with Crippen molar-refractivity contribution in [3.8, 4) is 0 Å². The molecule has 6 heteroatoms. The molecule has 0 aromatic rings. The summed E-state index contributed by atoms with van der Waals surface area (Å²) >= 11 is 3.52. The topological polar surface area (TPSA) is 20.3 Å². The van der Waals surface area contributed by atoms with Gasteiger partial charge in [0.05, 0.1) is 5.92 Å². The Morgan fingerprint density at radius 2 is 1.75 bits per heavy atom.